The predicted molar refractivity (Wildman–Crippen MR) is 55.1 cm³/mol. The van der Waals surface area contributed by atoms with Crippen LogP contribution in [0.1, 0.15) is 33.1 Å². The molecule has 1 amide bonds. The normalized spacial score (nSPS) is 10.6. The van der Waals surface area contributed by atoms with Gasteiger partial charge >= 0.3 is 0 Å². The van der Waals surface area contributed by atoms with Crippen molar-refractivity contribution >= 4 is 5.91 Å². The summed E-state index contributed by atoms with van der Waals surface area (Å²) in [5.41, 5.74) is 0. The number of carbonyl (C=O) groups is 1. The van der Waals surface area contributed by atoms with Gasteiger partial charge in [-0.2, -0.15) is 5.26 Å². The minimum Gasteiger partial charge on any atom is -0.354 e. The number of nitrogens with zero attached hydrogens (tertiary/aromatic N) is 1. The van der Waals surface area contributed by atoms with E-state index in [9.17, 15) is 4.79 Å². The van der Waals surface area contributed by atoms with Crippen LogP contribution >= 0.6 is 0 Å². The lowest BCUT2D eigenvalue weighted by Crippen LogP contribution is -2.30. The third-order valence-electron chi connectivity index (χ3n) is 1.78. The first-order valence-electron chi connectivity index (χ1n) is 4.83. The van der Waals surface area contributed by atoms with Crippen LogP contribution < -0.4 is 5.32 Å². The first kappa shape index (κ1) is 12.5. The summed E-state index contributed by atoms with van der Waals surface area (Å²) in [4.78, 5) is 11.3. The van der Waals surface area contributed by atoms with Gasteiger partial charge in [0.2, 0.25) is 5.91 Å². The summed E-state index contributed by atoms with van der Waals surface area (Å²) >= 11 is 0. The number of amides is 1. The van der Waals surface area contributed by atoms with Gasteiger partial charge in [-0.15, -0.1) is 11.8 Å². The van der Waals surface area contributed by atoms with Crippen LogP contribution in [-0.4, -0.2) is 12.5 Å². The molecule has 3 nitrogen and oxygen atoms in total. The van der Waals surface area contributed by atoms with Crippen LogP contribution in [-0.2, 0) is 4.79 Å². The molecule has 14 heavy (non-hydrogen) atoms. The van der Waals surface area contributed by atoms with E-state index >= 15 is 0 Å². The molecular weight excluding hydrogens is 176 g/mol. The molecule has 0 saturated carbocycles. The Morgan fingerprint density at radius 1 is 1.57 bits per heavy atom. The highest BCUT2D eigenvalue weighted by Crippen LogP contribution is 2.04. The highest BCUT2D eigenvalue weighted by atomic mass is 16.1. The van der Waals surface area contributed by atoms with Crippen LogP contribution in [0.4, 0.5) is 0 Å². The third kappa shape index (κ3) is 5.22. The maximum absolute atomic E-state index is 11.3. The lowest BCUT2D eigenvalue weighted by Gasteiger charge is -2.07. The highest BCUT2D eigenvalue weighted by molar-refractivity contribution is 5.80. The van der Waals surface area contributed by atoms with Crippen molar-refractivity contribution in [2.24, 2.45) is 5.92 Å². The molecule has 0 saturated heterocycles. The summed E-state index contributed by atoms with van der Waals surface area (Å²) in [6, 6.07) is 2.00. The van der Waals surface area contributed by atoms with Gasteiger partial charge in [0.15, 0.2) is 0 Å². The second-order valence-corrected chi connectivity index (χ2v) is 2.94. The minimum atomic E-state index is -0.505. The van der Waals surface area contributed by atoms with Gasteiger partial charge < -0.3 is 5.32 Å². The Morgan fingerprint density at radius 3 is 2.79 bits per heavy atom. The number of rotatable bonds is 5. The molecular formula is C11H16N2O. The molecule has 0 aliphatic rings. The van der Waals surface area contributed by atoms with E-state index in [0.717, 1.165) is 6.42 Å². The summed E-state index contributed by atoms with van der Waals surface area (Å²) in [5.74, 6) is 4.91. The average molecular weight is 192 g/mol. The molecule has 0 heterocycles. The molecule has 1 N–H and O–H groups in total. The van der Waals surface area contributed by atoms with Crippen molar-refractivity contribution in [3.05, 3.63) is 0 Å². The quantitative estimate of drug-likeness (QED) is 0.529. The van der Waals surface area contributed by atoms with E-state index < -0.39 is 5.92 Å². The van der Waals surface area contributed by atoms with E-state index in [4.69, 9.17) is 5.26 Å². The molecule has 0 fully saturated rings. The maximum atomic E-state index is 11.3. The fraction of sp³-hybridized carbons (Fsp3) is 0.636. The number of nitriles is 1. The van der Waals surface area contributed by atoms with Crippen LogP contribution in [0, 0.1) is 29.1 Å². The van der Waals surface area contributed by atoms with Gasteiger partial charge in [-0.05, 0) is 13.3 Å². The summed E-state index contributed by atoms with van der Waals surface area (Å²) in [5, 5.41) is 11.4. The number of hydrogen-bond acceptors (Lipinski definition) is 2. The van der Waals surface area contributed by atoms with Gasteiger partial charge in [-0.1, -0.05) is 13.3 Å². The van der Waals surface area contributed by atoms with Crippen molar-refractivity contribution < 1.29 is 4.79 Å². The lowest BCUT2D eigenvalue weighted by atomic mass is 10.1. The average Bonchev–Trinajstić information content (AvgIpc) is 2.20. The molecule has 0 aromatic rings. The Morgan fingerprint density at radius 2 is 2.29 bits per heavy atom. The van der Waals surface area contributed by atoms with Gasteiger partial charge in [-0.25, -0.2) is 0 Å². The zero-order valence-electron chi connectivity index (χ0n) is 8.76. The molecule has 0 radical (unpaired) electrons. The smallest absolute Gasteiger partial charge is 0.237 e. The maximum Gasteiger partial charge on any atom is 0.237 e. The zero-order valence-corrected chi connectivity index (χ0v) is 8.76. The Balaban J connectivity index is 3.80. The topological polar surface area (TPSA) is 52.9 Å². The van der Waals surface area contributed by atoms with Crippen molar-refractivity contribution in [3.8, 4) is 17.9 Å². The van der Waals surface area contributed by atoms with Crippen molar-refractivity contribution in [2.75, 3.05) is 6.54 Å². The van der Waals surface area contributed by atoms with Crippen molar-refractivity contribution in [1.29, 1.82) is 5.26 Å². The summed E-state index contributed by atoms with van der Waals surface area (Å²) in [7, 11) is 0. The fourth-order valence-corrected chi connectivity index (χ4v) is 1.04. The second-order valence-electron chi connectivity index (χ2n) is 2.94. The number of carbonyl (C=O) groups excluding carboxylic acids is 1. The Hall–Kier alpha value is -1.48. The lowest BCUT2D eigenvalue weighted by molar-refractivity contribution is -0.123. The zero-order chi connectivity index (χ0) is 10.8. The van der Waals surface area contributed by atoms with Gasteiger partial charge in [0.1, 0.15) is 5.92 Å². The second kappa shape index (κ2) is 8.13. The molecule has 0 aromatic heterocycles. The third-order valence-corrected chi connectivity index (χ3v) is 1.78. The van der Waals surface area contributed by atoms with Crippen molar-refractivity contribution in [2.45, 2.75) is 33.1 Å². The Kier molecular flexibility index (Phi) is 7.27. The standard InChI is InChI=1S/C11H16N2O/c1-3-5-6-8-13-11(14)10(9-12)7-4-2/h10H,4,6-8H2,1-2H3,(H,13,14). The van der Waals surface area contributed by atoms with Crippen molar-refractivity contribution in [1.82, 2.24) is 5.32 Å². The molecule has 0 aliphatic carbocycles. The summed E-state index contributed by atoms with van der Waals surface area (Å²) < 4.78 is 0. The first-order chi connectivity index (χ1) is 6.76. The van der Waals surface area contributed by atoms with Crippen LogP contribution in [0.25, 0.3) is 0 Å². The van der Waals surface area contributed by atoms with E-state index in [2.05, 4.69) is 17.2 Å². The van der Waals surface area contributed by atoms with Crippen molar-refractivity contribution in [3.63, 3.8) is 0 Å². The van der Waals surface area contributed by atoms with Crippen LogP contribution in [0.15, 0.2) is 0 Å². The first-order valence-corrected chi connectivity index (χ1v) is 4.83. The number of nitrogens with one attached hydrogen (secondary N) is 1. The molecule has 0 rings (SSSR count). The van der Waals surface area contributed by atoms with Gasteiger partial charge in [-0.3, -0.25) is 4.79 Å². The predicted octanol–water partition coefficient (Wildman–Crippen LogP) is 1.46. The number of hydrogen-bond donors (Lipinski definition) is 1. The molecule has 0 spiro atoms. The minimum absolute atomic E-state index is 0.174. The van der Waals surface area contributed by atoms with E-state index in [1.54, 1.807) is 6.92 Å². The Labute approximate surface area is 85.5 Å². The van der Waals surface area contributed by atoms with E-state index in [1.165, 1.54) is 0 Å². The van der Waals surface area contributed by atoms with Crippen LogP contribution in [0.2, 0.25) is 0 Å². The van der Waals surface area contributed by atoms with Gasteiger partial charge in [0.25, 0.3) is 0 Å². The van der Waals surface area contributed by atoms with E-state index in [0.29, 0.717) is 19.4 Å². The molecule has 3 heteroatoms. The van der Waals surface area contributed by atoms with Gasteiger partial charge in [0.05, 0.1) is 6.07 Å². The largest absolute Gasteiger partial charge is 0.354 e. The fourth-order valence-electron chi connectivity index (χ4n) is 1.04. The monoisotopic (exact) mass is 192 g/mol. The molecule has 76 valence electrons. The summed E-state index contributed by atoms with van der Waals surface area (Å²) in [6.45, 7) is 4.25. The van der Waals surface area contributed by atoms with Crippen LogP contribution in [0.3, 0.4) is 0 Å². The molecule has 1 unspecified atom stereocenters. The highest BCUT2D eigenvalue weighted by Gasteiger charge is 2.15. The summed E-state index contributed by atoms with van der Waals surface area (Å²) in [6.07, 6.45) is 2.12. The van der Waals surface area contributed by atoms with Crippen LogP contribution in [0.5, 0.6) is 0 Å². The molecule has 0 bridgehead atoms. The SMILES string of the molecule is CC#CCCNC(=O)C(C#N)CCC. The van der Waals surface area contributed by atoms with Gasteiger partial charge in [0, 0.05) is 13.0 Å². The molecule has 0 aliphatic heterocycles. The van der Waals surface area contributed by atoms with E-state index in [-0.39, 0.29) is 5.91 Å². The molecule has 1 atom stereocenters. The molecule has 0 aromatic carbocycles. The Bertz CT molecular complexity index is 267. The van der Waals surface area contributed by atoms with E-state index in [1.807, 2.05) is 13.0 Å².